The maximum atomic E-state index is 11.1. The van der Waals surface area contributed by atoms with Crippen LogP contribution < -0.4 is 11.1 Å². The number of rotatable bonds is 4. The molecule has 2 unspecified atom stereocenters. The van der Waals surface area contributed by atoms with Crippen molar-refractivity contribution in [2.75, 3.05) is 0 Å². The highest BCUT2D eigenvalue weighted by molar-refractivity contribution is 5.79. The molecule has 0 aliphatic heterocycles. The highest BCUT2D eigenvalue weighted by Crippen LogP contribution is 2.35. The molecule has 3 nitrogen and oxygen atoms in total. The average molecular weight is 212 g/mol. The SMILES string of the molecule is CCC(NC1CCCC(C)(C)C1)C(N)=O. The Labute approximate surface area is 92.8 Å². The molecule has 0 spiro atoms. The van der Waals surface area contributed by atoms with Gasteiger partial charge in [0, 0.05) is 6.04 Å². The Morgan fingerprint density at radius 1 is 1.60 bits per heavy atom. The first kappa shape index (κ1) is 12.5. The van der Waals surface area contributed by atoms with Crippen molar-refractivity contribution in [3.8, 4) is 0 Å². The summed E-state index contributed by atoms with van der Waals surface area (Å²) in [6.45, 7) is 6.59. The first-order valence-electron chi connectivity index (χ1n) is 6.00. The molecule has 1 fully saturated rings. The zero-order chi connectivity index (χ0) is 11.5. The number of carbonyl (C=O) groups is 1. The molecule has 88 valence electrons. The minimum Gasteiger partial charge on any atom is -0.368 e. The number of carbonyl (C=O) groups excluding carboxylic acids is 1. The van der Waals surface area contributed by atoms with Crippen molar-refractivity contribution in [3.05, 3.63) is 0 Å². The molecule has 1 saturated carbocycles. The quantitative estimate of drug-likeness (QED) is 0.746. The van der Waals surface area contributed by atoms with Crippen molar-refractivity contribution in [1.29, 1.82) is 0 Å². The zero-order valence-electron chi connectivity index (χ0n) is 10.2. The van der Waals surface area contributed by atoms with E-state index in [0.29, 0.717) is 11.5 Å². The lowest BCUT2D eigenvalue weighted by Crippen LogP contribution is -2.48. The summed E-state index contributed by atoms with van der Waals surface area (Å²) in [5, 5.41) is 3.39. The second-order valence-electron chi connectivity index (χ2n) is 5.49. The molecule has 1 aliphatic carbocycles. The molecule has 3 heteroatoms. The van der Waals surface area contributed by atoms with Crippen molar-refractivity contribution in [2.24, 2.45) is 11.1 Å². The molecule has 0 saturated heterocycles. The molecular weight excluding hydrogens is 188 g/mol. The molecule has 2 atom stereocenters. The van der Waals surface area contributed by atoms with Gasteiger partial charge in [0.15, 0.2) is 0 Å². The third-order valence-corrected chi connectivity index (χ3v) is 3.39. The van der Waals surface area contributed by atoms with Gasteiger partial charge in [-0.3, -0.25) is 4.79 Å². The van der Waals surface area contributed by atoms with Crippen molar-refractivity contribution in [1.82, 2.24) is 5.32 Å². The van der Waals surface area contributed by atoms with E-state index in [-0.39, 0.29) is 11.9 Å². The Hall–Kier alpha value is -0.570. The van der Waals surface area contributed by atoms with Crippen molar-refractivity contribution < 1.29 is 4.79 Å². The first-order valence-corrected chi connectivity index (χ1v) is 6.00. The van der Waals surface area contributed by atoms with E-state index in [1.807, 2.05) is 6.92 Å². The number of amides is 1. The Morgan fingerprint density at radius 3 is 2.73 bits per heavy atom. The van der Waals surface area contributed by atoms with E-state index >= 15 is 0 Å². The summed E-state index contributed by atoms with van der Waals surface area (Å²) in [5.74, 6) is -0.221. The lowest BCUT2D eigenvalue weighted by Gasteiger charge is -2.37. The van der Waals surface area contributed by atoms with Gasteiger partial charge in [0.25, 0.3) is 0 Å². The minimum atomic E-state index is -0.221. The largest absolute Gasteiger partial charge is 0.368 e. The molecule has 15 heavy (non-hydrogen) atoms. The number of nitrogens with two attached hydrogens (primary N) is 1. The second-order valence-corrected chi connectivity index (χ2v) is 5.49. The van der Waals surface area contributed by atoms with Crippen LogP contribution in [-0.4, -0.2) is 18.0 Å². The van der Waals surface area contributed by atoms with Gasteiger partial charge in [0.2, 0.25) is 5.91 Å². The first-order chi connectivity index (χ1) is 6.94. The van der Waals surface area contributed by atoms with Crippen LogP contribution in [0.4, 0.5) is 0 Å². The van der Waals surface area contributed by atoms with Gasteiger partial charge in [-0.1, -0.05) is 27.2 Å². The monoisotopic (exact) mass is 212 g/mol. The van der Waals surface area contributed by atoms with Gasteiger partial charge in [0.05, 0.1) is 6.04 Å². The van der Waals surface area contributed by atoms with Crippen LogP contribution in [-0.2, 0) is 4.79 Å². The number of primary amides is 1. The predicted molar refractivity (Wildman–Crippen MR) is 62.4 cm³/mol. The Bertz CT molecular complexity index is 226. The van der Waals surface area contributed by atoms with E-state index in [9.17, 15) is 4.79 Å². The van der Waals surface area contributed by atoms with Gasteiger partial charge in [-0.15, -0.1) is 0 Å². The van der Waals surface area contributed by atoms with Crippen molar-refractivity contribution >= 4 is 5.91 Å². The van der Waals surface area contributed by atoms with E-state index in [2.05, 4.69) is 19.2 Å². The summed E-state index contributed by atoms with van der Waals surface area (Å²) in [4.78, 5) is 11.1. The number of nitrogens with one attached hydrogen (secondary N) is 1. The molecule has 3 N–H and O–H groups in total. The summed E-state index contributed by atoms with van der Waals surface area (Å²) in [7, 11) is 0. The van der Waals surface area contributed by atoms with Crippen molar-refractivity contribution in [3.63, 3.8) is 0 Å². The Balaban J connectivity index is 2.47. The Morgan fingerprint density at radius 2 is 2.27 bits per heavy atom. The van der Waals surface area contributed by atoms with Gasteiger partial charge >= 0.3 is 0 Å². The summed E-state index contributed by atoms with van der Waals surface area (Å²) in [6, 6.07) is 0.315. The van der Waals surface area contributed by atoms with Gasteiger partial charge in [-0.05, 0) is 31.1 Å². The lowest BCUT2D eigenvalue weighted by atomic mass is 9.75. The molecule has 0 radical (unpaired) electrons. The number of hydrogen-bond acceptors (Lipinski definition) is 2. The predicted octanol–water partition coefficient (Wildman–Crippen LogP) is 1.81. The average Bonchev–Trinajstić information content (AvgIpc) is 2.12. The van der Waals surface area contributed by atoms with E-state index < -0.39 is 0 Å². The van der Waals surface area contributed by atoms with Crippen LogP contribution in [0.2, 0.25) is 0 Å². The molecule has 1 amide bonds. The molecule has 1 aliphatic rings. The van der Waals surface area contributed by atoms with E-state index in [4.69, 9.17) is 5.73 Å². The van der Waals surface area contributed by atoms with Crippen LogP contribution in [0.3, 0.4) is 0 Å². The molecule has 1 rings (SSSR count). The maximum Gasteiger partial charge on any atom is 0.234 e. The third-order valence-electron chi connectivity index (χ3n) is 3.39. The van der Waals surface area contributed by atoms with E-state index in [1.165, 1.54) is 19.3 Å². The molecule has 0 aromatic heterocycles. The summed E-state index contributed by atoms with van der Waals surface area (Å²) < 4.78 is 0. The fourth-order valence-corrected chi connectivity index (χ4v) is 2.53. The molecule has 0 heterocycles. The van der Waals surface area contributed by atoms with Crippen LogP contribution in [0.25, 0.3) is 0 Å². The topological polar surface area (TPSA) is 55.1 Å². The van der Waals surface area contributed by atoms with E-state index in [1.54, 1.807) is 0 Å². The maximum absolute atomic E-state index is 11.1. The van der Waals surface area contributed by atoms with Crippen LogP contribution in [0.1, 0.15) is 52.9 Å². The second kappa shape index (κ2) is 4.97. The molecule has 0 aromatic rings. The van der Waals surface area contributed by atoms with Gasteiger partial charge in [-0.25, -0.2) is 0 Å². The Kier molecular flexibility index (Phi) is 4.14. The van der Waals surface area contributed by atoms with Gasteiger partial charge < -0.3 is 11.1 Å². The van der Waals surface area contributed by atoms with E-state index in [0.717, 1.165) is 12.8 Å². The standard InChI is InChI=1S/C12H24N2O/c1-4-10(11(13)15)14-9-6-5-7-12(2,3)8-9/h9-10,14H,4-8H2,1-3H3,(H2,13,15). The summed E-state index contributed by atoms with van der Waals surface area (Å²) in [5.41, 5.74) is 5.74. The third kappa shape index (κ3) is 3.82. The summed E-state index contributed by atoms with van der Waals surface area (Å²) >= 11 is 0. The number of hydrogen-bond donors (Lipinski definition) is 2. The fourth-order valence-electron chi connectivity index (χ4n) is 2.53. The van der Waals surface area contributed by atoms with Crippen molar-refractivity contribution in [2.45, 2.75) is 65.0 Å². The smallest absolute Gasteiger partial charge is 0.234 e. The van der Waals surface area contributed by atoms with Crippen LogP contribution in [0, 0.1) is 5.41 Å². The summed E-state index contributed by atoms with van der Waals surface area (Å²) in [6.07, 6.45) is 5.65. The lowest BCUT2D eigenvalue weighted by molar-refractivity contribution is -0.120. The van der Waals surface area contributed by atoms with Crippen LogP contribution >= 0.6 is 0 Å². The van der Waals surface area contributed by atoms with Crippen LogP contribution in [0.5, 0.6) is 0 Å². The molecule has 0 aromatic carbocycles. The fraction of sp³-hybridized carbons (Fsp3) is 0.917. The normalized spacial score (nSPS) is 27.3. The highest BCUT2D eigenvalue weighted by Gasteiger charge is 2.29. The molecule has 0 bridgehead atoms. The van der Waals surface area contributed by atoms with Crippen LogP contribution in [0.15, 0.2) is 0 Å². The van der Waals surface area contributed by atoms with Gasteiger partial charge in [-0.2, -0.15) is 0 Å². The highest BCUT2D eigenvalue weighted by atomic mass is 16.1. The molecular formula is C12H24N2O. The van der Waals surface area contributed by atoms with Gasteiger partial charge in [0.1, 0.15) is 0 Å². The zero-order valence-corrected chi connectivity index (χ0v) is 10.2. The minimum absolute atomic E-state index is 0.149.